The van der Waals surface area contributed by atoms with Gasteiger partial charge in [-0.05, 0) is 11.0 Å². The van der Waals surface area contributed by atoms with E-state index in [2.05, 4.69) is 0 Å². The highest BCUT2D eigenvalue weighted by Gasteiger charge is 2.38. The minimum absolute atomic E-state index is 0.0383. The second kappa shape index (κ2) is 7.99. The molecule has 0 fully saturated rings. The van der Waals surface area contributed by atoms with Gasteiger partial charge in [0.25, 0.3) is 5.69 Å². The van der Waals surface area contributed by atoms with E-state index in [9.17, 15) is 24.8 Å². The Morgan fingerprint density at radius 1 is 1.14 bits per heavy atom. The van der Waals surface area contributed by atoms with Crippen molar-refractivity contribution < 1.29 is 19.6 Å². The van der Waals surface area contributed by atoms with Crippen LogP contribution < -0.4 is 0 Å². The predicted molar refractivity (Wildman–Crippen MR) is 109 cm³/mol. The van der Waals surface area contributed by atoms with E-state index in [4.69, 9.17) is 0 Å². The monoisotopic (exact) mass is 393 g/mol. The van der Waals surface area contributed by atoms with Crippen LogP contribution in [0.1, 0.15) is 54.9 Å². The summed E-state index contributed by atoms with van der Waals surface area (Å²) in [5.41, 5.74) is 0.656. The largest absolute Gasteiger partial charge is 0.512 e. The molecule has 0 saturated heterocycles. The van der Waals surface area contributed by atoms with Crippen LogP contribution in [0.25, 0.3) is 0 Å². The van der Waals surface area contributed by atoms with Crippen molar-refractivity contribution in [1.29, 1.82) is 0 Å². The van der Waals surface area contributed by atoms with Crippen molar-refractivity contribution in [3.8, 4) is 0 Å². The highest BCUT2D eigenvalue weighted by atomic mass is 16.6. The molecule has 0 radical (unpaired) electrons. The number of hydrogen-bond acceptors (Lipinski definition) is 5. The molecule has 1 N–H and O–H groups in total. The third-order valence-electron chi connectivity index (χ3n) is 5.21. The van der Waals surface area contributed by atoms with Gasteiger partial charge in [0.1, 0.15) is 5.76 Å². The molecule has 3 rings (SSSR count). The zero-order valence-corrected chi connectivity index (χ0v) is 16.4. The molecule has 1 aliphatic carbocycles. The van der Waals surface area contributed by atoms with Crippen LogP contribution in [-0.2, 0) is 4.79 Å². The predicted octanol–water partition coefficient (Wildman–Crippen LogP) is 5.15. The van der Waals surface area contributed by atoms with Crippen molar-refractivity contribution in [2.75, 3.05) is 0 Å². The van der Waals surface area contributed by atoms with Gasteiger partial charge in [-0.1, -0.05) is 56.3 Å². The average Bonchev–Trinajstić information content (AvgIpc) is 2.66. The summed E-state index contributed by atoms with van der Waals surface area (Å²) in [4.78, 5) is 36.5. The Morgan fingerprint density at radius 2 is 1.83 bits per heavy atom. The number of benzene rings is 2. The summed E-state index contributed by atoms with van der Waals surface area (Å²) in [6, 6.07) is 14.6. The summed E-state index contributed by atoms with van der Waals surface area (Å²) in [5.74, 6) is -1.20. The van der Waals surface area contributed by atoms with Gasteiger partial charge in [-0.25, -0.2) is 0 Å². The lowest BCUT2D eigenvalue weighted by atomic mass is 9.71. The van der Waals surface area contributed by atoms with Crippen LogP contribution in [0, 0.1) is 15.5 Å². The number of aliphatic hydroxyl groups excluding tert-OH is 1. The summed E-state index contributed by atoms with van der Waals surface area (Å²) >= 11 is 0. The Morgan fingerprint density at radius 3 is 2.45 bits per heavy atom. The minimum Gasteiger partial charge on any atom is -0.512 e. The maximum atomic E-state index is 12.9. The first-order valence-corrected chi connectivity index (χ1v) is 9.46. The van der Waals surface area contributed by atoms with E-state index in [1.807, 2.05) is 13.8 Å². The van der Waals surface area contributed by atoms with Crippen molar-refractivity contribution in [2.24, 2.45) is 5.41 Å². The fourth-order valence-electron chi connectivity index (χ4n) is 3.87. The second-order valence-electron chi connectivity index (χ2n) is 8.20. The first-order valence-electron chi connectivity index (χ1n) is 9.46. The van der Waals surface area contributed by atoms with Gasteiger partial charge in [0, 0.05) is 48.4 Å². The van der Waals surface area contributed by atoms with Gasteiger partial charge in [0.15, 0.2) is 11.6 Å². The van der Waals surface area contributed by atoms with Crippen molar-refractivity contribution in [2.45, 2.75) is 39.0 Å². The van der Waals surface area contributed by atoms with Crippen LogP contribution in [0.3, 0.4) is 0 Å². The van der Waals surface area contributed by atoms with E-state index < -0.39 is 10.8 Å². The van der Waals surface area contributed by atoms with E-state index >= 15 is 0 Å². The molecule has 0 aliphatic heterocycles. The van der Waals surface area contributed by atoms with Gasteiger partial charge < -0.3 is 5.11 Å². The smallest absolute Gasteiger partial charge is 0.269 e. The number of nitro groups is 1. The molecular formula is C23H23NO5. The molecule has 2 aromatic rings. The molecule has 0 aromatic heterocycles. The van der Waals surface area contributed by atoms with E-state index in [0.717, 1.165) is 0 Å². The van der Waals surface area contributed by atoms with Crippen LogP contribution in [0.2, 0.25) is 0 Å². The number of hydrogen-bond donors (Lipinski definition) is 1. The van der Waals surface area contributed by atoms with Crippen molar-refractivity contribution in [3.63, 3.8) is 0 Å². The molecule has 0 amide bonds. The number of non-ortho nitro benzene ring substituents is 1. The molecule has 6 heteroatoms. The third kappa shape index (κ3) is 4.59. The molecule has 29 heavy (non-hydrogen) atoms. The molecular weight excluding hydrogens is 370 g/mol. The maximum absolute atomic E-state index is 12.9. The number of nitro benzene ring substituents is 1. The van der Waals surface area contributed by atoms with Gasteiger partial charge in [0.05, 0.1) is 4.92 Å². The SMILES string of the molecule is CC1(C)CC(=O)C(C(CC(=O)c2ccccc2)c2cccc([N+](=O)[O-])c2)=C(O)C1. The maximum Gasteiger partial charge on any atom is 0.269 e. The Kier molecular flexibility index (Phi) is 5.64. The lowest BCUT2D eigenvalue weighted by Crippen LogP contribution is -2.29. The van der Waals surface area contributed by atoms with Crippen molar-refractivity contribution >= 4 is 17.3 Å². The number of carbonyl (C=O) groups excluding carboxylic acids is 2. The van der Waals surface area contributed by atoms with Gasteiger partial charge in [0.2, 0.25) is 0 Å². The number of ketones is 2. The number of rotatable bonds is 6. The van der Waals surface area contributed by atoms with E-state index in [1.165, 1.54) is 18.2 Å². The van der Waals surface area contributed by atoms with Crippen LogP contribution in [0.4, 0.5) is 5.69 Å². The second-order valence-corrected chi connectivity index (χ2v) is 8.20. The van der Waals surface area contributed by atoms with Crippen molar-refractivity contribution in [3.05, 3.63) is 87.2 Å². The highest BCUT2D eigenvalue weighted by Crippen LogP contribution is 2.42. The molecule has 6 nitrogen and oxygen atoms in total. The number of allylic oxidation sites excluding steroid dienone is 2. The molecule has 0 spiro atoms. The number of carbonyl (C=O) groups is 2. The summed E-state index contributed by atoms with van der Waals surface area (Å²) in [6.45, 7) is 3.80. The molecule has 1 aliphatic rings. The molecule has 1 atom stereocenters. The Bertz CT molecular complexity index is 991. The summed E-state index contributed by atoms with van der Waals surface area (Å²) in [6.07, 6.45) is 0.507. The minimum atomic E-state index is -0.744. The fourth-order valence-corrected chi connectivity index (χ4v) is 3.87. The lowest BCUT2D eigenvalue weighted by molar-refractivity contribution is -0.384. The zero-order chi connectivity index (χ0) is 21.2. The highest BCUT2D eigenvalue weighted by molar-refractivity contribution is 6.02. The topological polar surface area (TPSA) is 97.5 Å². The average molecular weight is 393 g/mol. The van der Waals surface area contributed by atoms with Gasteiger partial charge in [-0.15, -0.1) is 0 Å². The fraction of sp³-hybridized carbons (Fsp3) is 0.304. The van der Waals surface area contributed by atoms with Crippen LogP contribution in [0.15, 0.2) is 65.9 Å². The quantitative estimate of drug-likeness (QED) is 0.416. The molecule has 1 unspecified atom stereocenters. The normalized spacial score (nSPS) is 17.1. The van der Waals surface area contributed by atoms with Gasteiger partial charge in [-0.3, -0.25) is 19.7 Å². The number of nitrogens with zero attached hydrogens (tertiary/aromatic N) is 1. The lowest BCUT2D eigenvalue weighted by Gasteiger charge is -2.32. The molecule has 0 saturated carbocycles. The molecule has 0 heterocycles. The summed E-state index contributed by atoms with van der Waals surface area (Å²) < 4.78 is 0. The molecule has 0 bridgehead atoms. The Labute approximate surface area is 169 Å². The Balaban J connectivity index is 2.07. The van der Waals surface area contributed by atoms with Crippen molar-refractivity contribution in [1.82, 2.24) is 0 Å². The summed E-state index contributed by atoms with van der Waals surface area (Å²) in [7, 11) is 0. The van der Waals surface area contributed by atoms with Gasteiger partial charge >= 0.3 is 0 Å². The first kappa shape index (κ1) is 20.5. The zero-order valence-electron chi connectivity index (χ0n) is 16.4. The van der Waals surface area contributed by atoms with Crippen LogP contribution in [0.5, 0.6) is 0 Å². The summed E-state index contributed by atoms with van der Waals surface area (Å²) in [5, 5.41) is 21.9. The Hall–Kier alpha value is -3.28. The van der Waals surface area contributed by atoms with E-state index in [-0.39, 0.29) is 46.8 Å². The van der Waals surface area contributed by atoms with Crippen LogP contribution >= 0.6 is 0 Å². The van der Waals surface area contributed by atoms with E-state index in [0.29, 0.717) is 17.5 Å². The first-order chi connectivity index (χ1) is 13.7. The molecule has 2 aromatic carbocycles. The number of aliphatic hydroxyl groups is 1. The van der Waals surface area contributed by atoms with Gasteiger partial charge in [-0.2, -0.15) is 0 Å². The number of Topliss-reactive ketones (excluding diaryl/α,β-unsaturated/α-hetero) is 2. The van der Waals surface area contributed by atoms with Crippen LogP contribution in [-0.4, -0.2) is 21.6 Å². The van der Waals surface area contributed by atoms with E-state index in [1.54, 1.807) is 36.4 Å². The standard InChI is InChI=1S/C23H23NO5/c1-23(2)13-20(26)22(21(27)14-23)18(12-19(25)15-7-4-3-5-8-15)16-9-6-10-17(11-16)24(28)29/h3-11,18,26H,12-14H2,1-2H3. The molecule has 150 valence electrons. The third-order valence-corrected chi connectivity index (χ3v) is 5.21.